The van der Waals surface area contributed by atoms with Crippen molar-refractivity contribution in [2.24, 2.45) is 10.2 Å². The number of H-pyrrole nitrogens is 1. The van der Waals surface area contributed by atoms with Crippen molar-refractivity contribution < 1.29 is 5.11 Å². The van der Waals surface area contributed by atoms with E-state index < -0.39 is 0 Å². The van der Waals surface area contributed by atoms with Crippen LogP contribution in [0, 0.1) is 0 Å². The van der Waals surface area contributed by atoms with Crippen molar-refractivity contribution >= 4 is 44.6 Å². The van der Waals surface area contributed by atoms with Crippen molar-refractivity contribution in [3.8, 4) is 5.88 Å². The Hall–Kier alpha value is -3.81. The van der Waals surface area contributed by atoms with Crippen molar-refractivity contribution in [2.75, 3.05) is 0 Å². The molecule has 5 aromatic rings. The van der Waals surface area contributed by atoms with Crippen molar-refractivity contribution in [1.29, 1.82) is 0 Å². The first-order valence-electron chi connectivity index (χ1n) is 8.59. The molecule has 5 rings (SSSR count). The summed E-state index contributed by atoms with van der Waals surface area (Å²) >= 11 is 0. The van der Waals surface area contributed by atoms with Crippen LogP contribution >= 0.6 is 0 Å². The minimum Gasteiger partial charge on any atom is -0.493 e. The summed E-state index contributed by atoms with van der Waals surface area (Å²) in [5, 5.41) is 28.5. The Morgan fingerprint density at radius 1 is 1.00 bits per heavy atom. The van der Waals surface area contributed by atoms with Crippen LogP contribution in [0.25, 0.3) is 33.0 Å². The van der Waals surface area contributed by atoms with Crippen LogP contribution in [0.1, 0.15) is 6.92 Å². The summed E-state index contributed by atoms with van der Waals surface area (Å²) in [6, 6.07) is 15.5. The second kappa shape index (κ2) is 5.87. The van der Waals surface area contributed by atoms with E-state index in [2.05, 4.69) is 41.9 Å². The van der Waals surface area contributed by atoms with Crippen LogP contribution < -0.4 is 0 Å². The van der Waals surface area contributed by atoms with Crippen LogP contribution in [0.3, 0.4) is 0 Å². The summed E-state index contributed by atoms with van der Waals surface area (Å²) < 4.78 is 2.07. The van der Waals surface area contributed by atoms with E-state index in [1.807, 2.05) is 48.5 Å². The first kappa shape index (κ1) is 15.4. The molecule has 0 aliphatic carbocycles. The number of aromatic amines is 1. The Labute approximate surface area is 153 Å². The van der Waals surface area contributed by atoms with Crippen LogP contribution in [-0.4, -0.2) is 29.8 Å². The molecule has 132 valence electrons. The lowest BCUT2D eigenvalue weighted by Crippen LogP contribution is -1.96. The third kappa shape index (κ3) is 2.34. The number of para-hydroxylation sites is 2. The predicted octanol–water partition coefficient (Wildman–Crippen LogP) is 4.60. The van der Waals surface area contributed by atoms with E-state index in [1.165, 1.54) is 0 Å². The molecule has 2 N–H and O–H groups in total. The molecule has 0 atom stereocenters. The fourth-order valence-electron chi connectivity index (χ4n) is 3.37. The summed E-state index contributed by atoms with van der Waals surface area (Å²) in [6.45, 7) is 2.81. The Morgan fingerprint density at radius 3 is 2.63 bits per heavy atom. The van der Waals surface area contributed by atoms with Gasteiger partial charge in [0.1, 0.15) is 5.52 Å². The highest BCUT2D eigenvalue weighted by atomic mass is 16.3. The zero-order valence-corrected chi connectivity index (χ0v) is 14.5. The number of rotatable bonds is 3. The maximum Gasteiger partial charge on any atom is 0.289 e. The predicted molar refractivity (Wildman–Crippen MR) is 103 cm³/mol. The standard InChI is InChI=1S/C19H15N7O/c1-2-26-14-10-6-4-8-12(14)15-17(26)21-19(24-22-15)25-23-16-11-7-3-5-9-13(11)20-18(16)27/h3-10,20,27H,2H2,1H3. The lowest BCUT2D eigenvalue weighted by molar-refractivity contribution is 0.459. The molecule has 0 saturated heterocycles. The van der Waals surface area contributed by atoms with Gasteiger partial charge in [0.2, 0.25) is 5.88 Å². The van der Waals surface area contributed by atoms with Crippen LogP contribution in [0.2, 0.25) is 0 Å². The molecule has 8 heteroatoms. The fourth-order valence-corrected chi connectivity index (χ4v) is 3.37. The molecule has 0 fully saturated rings. The fraction of sp³-hybridized carbons (Fsp3) is 0.105. The third-order valence-corrected chi connectivity index (χ3v) is 4.58. The molecule has 0 radical (unpaired) electrons. The van der Waals surface area contributed by atoms with Crippen LogP contribution in [-0.2, 0) is 6.54 Å². The highest BCUT2D eigenvalue weighted by Gasteiger charge is 2.14. The van der Waals surface area contributed by atoms with Gasteiger partial charge < -0.3 is 14.7 Å². The van der Waals surface area contributed by atoms with E-state index in [1.54, 1.807) is 0 Å². The number of hydrogen-bond acceptors (Lipinski definition) is 6. The third-order valence-electron chi connectivity index (χ3n) is 4.58. The van der Waals surface area contributed by atoms with Crippen LogP contribution in [0.15, 0.2) is 58.8 Å². The van der Waals surface area contributed by atoms with Gasteiger partial charge in [-0.1, -0.05) is 36.4 Å². The first-order valence-corrected chi connectivity index (χ1v) is 8.59. The second-order valence-corrected chi connectivity index (χ2v) is 6.11. The SMILES string of the molecule is CCn1c2ccccc2c2nnc(N=Nc3c(O)[nH]c4ccccc34)nc21. The van der Waals surface area contributed by atoms with E-state index in [4.69, 9.17) is 0 Å². The van der Waals surface area contributed by atoms with Crippen molar-refractivity contribution in [2.45, 2.75) is 13.5 Å². The van der Waals surface area contributed by atoms with E-state index in [0.717, 1.165) is 33.9 Å². The average molecular weight is 357 g/mol. The van der Waals surface area contributed by atoms with Crippen LogP contribution in [0.5, 0.6) is 5.88 Å². The number of fused-ring (bicyclic) bond motifs is 4. The molecule has 0 amide bonds. The minimum absolute atomic E-state index is 0.0448. The molecule has 0 bridgehead atoms. The summed E-state index contributed by atoms with van der Waals surface area (Å²) in [4.78, 5) is 7.40. The summed E-state index contributed by atoms with van der Waals surface area (Å²) in [5.74, 6) is 0.0985. The maximum absolute atomic E-state index is 10.1. The lowest BCUT2D eigenvalue weighted by Gasteiger charge is -2.00. The van der Waals surface area contributed by atoms with Gasteiger partial charge in [0, 0.05) is 17.3 Å². The number of nitrogens with zero attached hydrogens (tertiary/aromatic N) is 6. The normalized spacial score (nSPS) is 12.0. The van der Waals surface area contributed by atoms with Crippen LogP contribution in [0.4, 0.5) is 11.6 Å². The summed E-state index contributed by atoms with van der Waals surface area (Å²) in [7, 11) is 0. The Bertz CT molecular complexity index is 1330. The van der Waals surface area contributed by atoms with Gasteiger partial charge in [-0.15, -0.1) is 20.4 Å². The highest BCUT2D eigenvalue weighted by molar-refractivity contribution is 6.04. The molecule has 0 aliphatic heterocycles. The van der Waals surface area contributed by atoms with E-state index in [9.17, 15) is 5.11 Å². The van der Waals surface area contributed by atoms with E-state index >= 15 is 0 Å². The molecular formula is C19H15N7O. The molecule has 0 spiro atoms. The Morgan fingerprint density at radius 2 is 1.78 bits per heavy atom. The maximum atomic E-state index is 10.1. The van der Waals surface area contributed by atoms with Gasteiger partial charge >= 0.3 is 0 Å². The summed E-state index contributed by atoms with van der Waals surface area (Å²) in [6.07, 6.45) is 0. The van der Waals surface area contributed by atoms with Gasteiger partial charge in [-0.25, -0.2) is 0 Å². The zero-order valence-electron chi connectivity index (χ0n) is 14.5. The van der Waals surface area contributed by atoms with Crippen molar-refractivity contribution in [1.82, 2.24) is 24.7 Å². The van der Waals surface area contributed by atoms with Gasteiger partial charge in [-0.05, 0) is 19.1 Å². The topological polar surface area (TPSA) is 104 Å². The molecule has 27 heavy (non-hydrogen) atoms. The first-order chi connectivity index (χ1) is 13.3. The average Bonchev–Trinajstić information content (AvgIpc) is 3.19. The highest BCUT2D eigenvalue weighted by Crippen LogP contribution is 2.36. The van der Waals surface area contributed by atoms with E-state index in [0.29, 0.717) is 11.3 Å². The van der Waals surface area contributed by atoms with Gasteiger partial charge in [0.15, 0.2) is 11.3 Å². The minimum atomic E-state index is -0.0448. The number of aromatic nitrogens is 5. The number of benzene rings is 2. The molecule has 0 saturated carbocycles. The number of azo groups is 1. The monoisotopic (exact) mass is 357 g/mol. The molecular weight excluding hydrogens is 342 g/mol. The molecule has 2 aromatic carbocycles. The largest absolute Gasteiger partial charge is 0.493 e. The molecule has 0 unspecified atom stereocenters. The van der Waals surface area contributed by atoms with Crippen molar-refractivity contribution in [3.05, 3.63) is 48.5 Å². The number of aryl methyl sites for hydroxylation is 1. The number of aromatic hydroxyl groups is 1. The Balaban J connectivity index is 1.64. The molecule has 3 aromatic heterocycles. The van der Waals surface area contributed by atoms with Crippen molar-refractivity contribution in [3.63, 3.8) is 0 Å². The molecule has 0 aliphatic rings. The van der Waals surface area contributed by atoms with Gasteiger partial charge in [0.25, 0.3) is 5.95 Å². The van der Waals surface area contributed by atoms with Gasteiger partial charge in [-0.2, -0.15) is 4.98 Å². The van der Waals surface area contributed by atoms with Gasteiger partial charge in [0.05, 0.1) is 11.0 Å². The Kier molecular flexibility index (Phi) is 3.36. The smallest absolute Gasteiger partial charge is 0.289 e. The lowest BCUT2D eigenvalue weighted by atomic mass is 10.2. The number of nitrogens with one attached hydrogen (secondary N) is 1. The quantitative estimate of drug-likeness (QED) is 0.460. The summed E-state index contributed by atoms with van der Waals surface area (Å²) in [5.41, 5.74) is 3.64. The zero-order chi connectivity index (χ0) is 18.4. The van der Waals surface area contributed by atoms with E-state index in [-0.39, 0.29) is 11.8 Å². The number of hydrogen-bond donors (Lipinski definition) is 2. The second-order valence-electron chi connectivity index (χ2n) is 6.11. The molecule has 3 heterocycles. The van der Waals surface area contributed by atoms with Gasteiger partial charge in [-0.3, -0.25) is 0 Å². The molecule has 8 nitrogen and oxygen atoms in total.